The first-order chi connectivity index (χ1) is 9.80. The minimum absolute atomic E-state index is 0.00671. The maximum Gasteiger partial charge on any atom is 0.224 e. The first-order valence-electron chi connectivity index (χ1n) is 7.35. The van der Waals surface area contributed by atoms with E-state index in [0.717, 1.165) is 32.2 Å². The van der Waals surface area contributed by atoms with Gasteiger partial charge in [0.2, 0.25) is 15.9 Å². The van der Waals surface area contributed by atoms with Crippen LogP contribution >= 0.6 is 0 Å². The second-order valence-corrected chi connectivity index (χ2v) is 7.90. The lowest BCUT2D eigenvalue weighted by Gasteiger charge is -2.46. The molecule has 0 saturated carbocycles. The summed E-state index contributed by atoms with van der Waals surface area (Å²) < 4.78 is 30.3. The third-order valence-corrected chi connectivity index (χ3v) is 4.93. The van der Waals surface area contributed by atoms with E-state index in [0.29, 0.717) is 19.7 Å². The molecule has 0 aromatic carbocycles. The summed E-state index contributed by atoms with van der Waals surface area (Å²) in [5, 5.41) is 0. The van der Waals surface area contributed by atoms with Crippen molar-refractivity contribution < 1.29 is 17.9 Å². The average Bonchev–Trinajstić information content (AvgIpc) is 2.41. The zero-order valence-electron chi connectivity index (χ0n) is 12.8. The van der Waals surface area contributed by atoms with Crippen LogP contribution in [0.3, 0.4) is 0 Å². The number of amides is 1. The van der Waals surface area contributed by atoms with E-state index < -0.39 is 10.0 Å². The Bertz CT molecular complexity index is 472. The largest absolute Gasteiger partial charge is 0.371 e. The predicted octanol–water partition coefficient (Wildman–Crippen LogP) is -0.751. The zero-order valence-corrected chi connectivity index (χ0v) is 13.6. The number of rotatable bonds is 4. The van der Waals surface area contributed by atoms with Gasteiger partial charge in [-0.2, -0.15) is 0 Å². The Hall–Kier alpha value is -0.700. The van der Waals surface area contributed by atoms with Crippen LogP contribution in [-0.4, -0.2) is 82.4 Å². The van der Waals surface area contributed by atoms with Crippen molar-refractivity contribution in [3.63, 3.8) is 0 Å². The van der Waals surface area contributed by atoms with Crippen molar-refractivity contribution in [2.24, 2.45) is 0 Å². The van der Waals surface area contributed by atoms with Crippen molar-refractivity contribution in [2.75, 3.05) is 52.6 Å². The maximum absolute atomic E-state index is 12.2. The van der Waals surface area contributed by atoms with Gasteiger partial charge in [-0.1, -0.05) is 0 Å². The highest BCUT2D eigenvalue weighted by molar-refractivity contribution is 7.88. The summed E-state index contributed by atoms with van der Waals surface area (Å²) in [5.74, 6) is -0.00671. The Labute approximate surface area is 126 Å². The van der Waals surface area contributed by atoms with Crippen molar-refractivity contribution in [3.8, 4) is 0 Å². The smallest absolute Gasteiger partial charge is 0.224 e. The topological polar surface area (TPSA) is 79.0 Å². The average molecular weight is 319 g/mol. The van der Waals surface area contributed by atoms with Gasteiger partial charge < -0.3 is 14.5 Å². The highest BCUT2D eigenvalue weighted by Gasteiger charge is 2.40. The summed E-state index contributed by atoms with van der Waals surface area (Å²) in [6.07, 6.45) is 3.17. The molecule has 0 aromatic rings. The third-order valence-electron chi connectivity index (χ3n) is 4.20. The Morgan fingerprint density at radius 1 is 1.29 bits per heavy atom. The van der Waals surface area contributed by atoms with Crippen LogP contribution in [0.15, 0.2) is 0 Å². The summed E-state index contributed by atoms with van der Waals surface area (Å²) in [5.41, 5.74) is -0.204. The summed E-state index contributed by atoms with van der Waals surface area (Å²) in [4.78, 5) is 16.3. The van der Waals surface area contributed by atoms with Crippen LogP contribution in [0.5, 0.6) is 0 Å². The van der Waals surface area contributed by atoms with E-state index in [2.05, 4.69) is 16.7 Å². The van der Waals surface area contributed by atoms with E-state index in [-0.39, 0.29) is 24.5 Å². The Morgan fingerprint density at radius 3 is 2.57 bits per heavy atom. The molecule has 0 aliphatic carbocycles. The summed E-state index contributed by atoms with van der Waals surface area (Å²) in [6, 6.07) is 0. The predicted molar refractivity (Wildman–Crippen MR) is 79.5 cm³/mol. The first-order valence-corrected chi connectivity index (χ1v) is 9.24. The monoisotopic (exact) mass is 319 g/mol. The van der Waals surface area contributed by atoms with Crippen molar-refractivity contribution >= 4 is 15.9 Å². The fourth-order valence-corrected chi connectivity index (χ4v) is 3.36. The number of likely N-dealkylation sites (tertiary alicyclic amines) is 1. The van der Waals surface area contributed by atoms with Gasteiger partial charge >= 0.3 is 0 Å². The summed E-state index contributed by atoms with van der Waals surface area (Å²) >= 11 is 0. The zero-order chi connectivity index (χ0) is 15.5. The summed E-state index contributed by atoms with van der Waals surface area (Å²) in [6.45, 7) is 3.91. The minimum atomic E-state index is -3.23. The molecule has 2 aliphatic rings. The van der Waals surface area contributed by atoms with Crippen LogP contribution < -0.4 is 4.72 Å². The van der Waals surface area contributed by atoms with Crippen LogP contribution in [-0.2, 0) is 19.6 Å². The van der Waals surface area contributed by atoms with Gasteiger partial charge in [-0.05, 0) is 19.9 Å². The SMILES string of the molecule is CN1CCC2(CC1)CN(C(=O)CCNS(C)(=O)=O)CCO2. The van der Waals surface area contributed by atoms with E-state index in [4.69, 9.17) is 4.74 Å². The fourth-order valence-electron chi connectivity index (χ4n) is 2.89. The van der Waals surface area contributed by atoms with Gasteiger partial charge in [0.05, 0.1) is 18.5 Å². The lowest BCUT2D eigenvalue weighted by Crippen LogP contribution is -2.57. The Kier molecular flexibility index (Phi) is 5.24. The molecule has 0 radical (unpaired) electrons. The van der Waals surface area contributed by atoms with E-state index in [1.54, 1.807) is 0 Å². The molecule has 0 unspecified atom stereocenters. The molecule has 2 heterocycles. The number of hydrogen-bond acceptors (Lipinski definition) is 5. The maximum atomic E-state index is 12.2. The normalized spacial score (nSPS) is 23.4. The number of nitrogens with zero attached hydrogens (tertiary/aromatic N) is 2. The number of piperidine rings is 1. The van der Waals surface area contributed by atoms with E-state index in [1.165, 1.54) is 0 Å². The van der Waals surface area contributed by atoms with Crippen molar-refractivity contribution in [1.82, 2.24) is 14.5 Å². The number of ether oxygens (including phenoxy) is 1. The number of carbonyl (C=O) groups is 1. The second-order valence-electron chi connectivity index (χ2n) is 6.07. The Morgan fingerprint density at radius 2 is 1.95 bits per heavy atom. The number of hydrogen-bond donors (Lipinski definition) is 1. The standard InChI is InChI=1S/C13H25N3O4S/c1-15-7-4-13(5-8-15)11-16(9-10-20-13)12(17)3-6-14-21(2,18)19/h14H,3-11H2,1-2H3. The molecule has 122 valence electrons. The number of sulfonamides is 1. The van der Waals surface area contributed by atoms with Crippen LogP contribution in [0.25, 0.3) is 0 Å². The van der Waals surface area contributed by atoms with Crippen LogP contribution in [0.1, 0.15) is 19.3 Å². The van der Waals surface area contributed by atoms with E-state index in [1.807, 2.05) is 4.90 Å². The lowest BCUT2D eigenvalue weighted by atomic mass is 9.89. The third kappa shape index (κ3) is 4.91. The molecule has 0 aromatic heterocycles. The molecule has 21 heavy (non-hydrogen) atoms. The van der Waals surface area contributed by atoms with Gasteiger partial charge in [-0.15, -0.1) is 0 Å². The van der Waals surface area contributed by atoms with Crippen molar-refractivity contribution in [1.29, 1.82) is 0 Å². The summed E-state index contributed by atoms with van der Waals surface area (Å²) in [7, 11) is -1.14. The molecule has 7 nitrogen and oxygen atoms in total. The van der Waals surface area contributed by atoms with Crippen LogP contribution in [0.4, 0.5) is 0 Å². The van der Waals surface area contributed by atoms with Gasteiger partial charge in [0.25, 0.3) is 0 Å². The molecule has 2 aliphatic heterocycles. The Balaban J connectivity index is 1.84. The molecular formula is C13H25N3O4S. The molecule has 0 bridgehead atoms. The highest BCUT2D eigenvalue weighted by atomic mass is 32.2. The number of carbonyl (C=O) groups excluding carboxylic acids is 1. The minimum Gasteiger partial charge on any atom is -0.371 e. The number of nitrogens with one attached hydrogen (secondary N) is 1. The highest BCUT2D eigenvalue weighted by Crippen LogP contribution is 2.29. The lowest BCUT2D eigenvalue weighted by molar-refractivity contribution is -0.158. The van der Waals surface area contributed by atoms with E-state index >= 15 is 0 Å². The van der Waals surface area contributed by atoms with Gasteiger partial charge in [0.1, 0.15) is 0 Å². The quantitative estimate of drug-likeness (QED) is 0.737. The molecule has 2 saturated heterocycles. The van der Waals surface area contributed by atoms with Crippen LogP contribution in [0.2, 0.25) is 0 Å². The first kappa shape index (κ1) is 16.7. The molecule has 2 fully saturated rings. The molecule has 1 amide bonds. The second kappa shape index (κ2) is 6.60. The van der Waals surface area contributed by atoms with Gasteiger partial charge in [-0.3, -0.25) is 4.79 Å². The van der Waals surface area contributed by atoms with E-state index in [9.17, 15) is 13.2 Å². The number of morpholine rings is 1. The van der Waals surface area contributed by atoms with Gasteiger partial charge in [0, 0.05) is 39.1 Å². The molecule has 2 rings (SSSR count). The van der Waals surface area contributed by atoms with Crippen molar-refractivity contribution in [3.05, 3.63) is 0 Å². The molecule has 0 atom stereocenters. The molecule has 1 N–H and O–H groups in total. The van der Waals surface area contributed by atoms with Crippen molar-refractivity contribution in [2.45, 2.75) is 24.9 Å². The molecule has 8 heteroatoms. The van der Waals surface area contributed by atoms with Crippen LogP contribution in [0, 0.1) is 0 Å². The molecular weight excluding hydrogens is 294 g/mol. The molecule has 1 spiro atoms. The van der Waals surface area contributed by atoms with Gasteiger partial charge in [-0.25, -0.2) is 13.1 Å². The van der Waals surface area contributed by atoms with Gasteiger partial charge in [0.15, 0.2) is 0 Å². The fraction of sp³-hybridized carbons (Fsp3) is 0.923.